The summed E-state index contributed by atoms with van der Waals surface area (Å²) in [7, 11) is 0. The zero-order valence-corrected chi connectivity index (χ0v) is 29.5. The highest BCUT2D eigenvalue weighted by Gasteiger charge is 2.24. The molecule has 6 rings (SSSR count). The van der Waals surface area contributed by atoms with Crippen LogP contribution in [0.5, 0.6) is 17.2 Å². The van der Waals surface area contributed by atoms with E-state index < -0.39 is 5.78 Å². The highest BCUT2D eigenvalue weighted by atomic mass is 79.9. The fourth-order valence-electron chi connectivity index (χ4n) is 5.61. The number of carbonyl (C=O) groups excluding carboxylic acids is 2. The van der Waals surface area contributed by atoms with Crippen molar-refractivity contribution in [2.75, 3.05) is 0 Å². The predicted molar refractivity (Wildman–Crippen MR) is 207 cm³/mol. The molecular formula is C45H35BrO5. The Balaban J connectivity index is 1.23. The lowest BCUT2D eigenvalue weighted by Crippen LogP contribution is -2.08. The third kappa shape index (κ3) is 9.18. The second kappa shape index (κ2) is 16.6. The molecule has 0 aliphatic rings. The summed E-state index contributed by atoms with van der Waals surface area (Å²) in [5.74, 6) is 0.506. The van der Waals surface area contributed by atoms with E-state index in [9.17, 15) is 14.7 Å². The van der Waals surface area contributed by atoms with Crippen molar-refractivity contribution in [3.63, 3.8) is 0 Å². The third-order valence-corrected chi connectivity index (χ3v) is 8.77. The Morgan fingerprint density at radius 3 is 1.53 bits per heavy atom. The summed E-state index contributed by atoms with van der Waals surface area (Å²) in [6.45, 7) is 2.67. The molecule has 0 radical (unpaired) electrons. The summed E-state index contributed by atoms with van der Waals surface area (Å²) in [4.78, 5) is 27.8. The molecular weight excluding hydrogens is 700 g/mol. The molecule has 0 fully saturated rings. The topological polar surface area (TPSA) is 72.8 Å². The average Bonchev–Trinajstić information content (AvgIpc) is 3.16. The molecule has 0 aromatic heterocycles. The molecule has 0 aliphatic carbocycles. The van der Waals surface area contributed by atoms with Gasteiger partial charge in [-0.15, -0.1) is 0 Å². The molecule has 0 atom stereocenters. The molecule has 252 valence electrons. The first-order valence-electron chi connectivity index (χ1n) is 16.4. The molecule has 0 unspecified atom stereocenters. The number of ether oxygens (including phenoxy) is 2. The summed E-state index contributed by atoms with van der Waals surface area (Å²) in [6, 6.07) is 43.5. The van der Waals surface area contributed by atoms with E-state index in [0.717, 1.165) is 32.5 Å². The summed E-state index contributed by atoms with van der Waals surface area (Å²) < 4.78 is 12.6. The van der Waals surface area contributed by atoms with Gasteiger partial charge >= 0.3 is 0 Å². The van der Waals surface area contributed by atoms with Crippen molar-refractivity contribution in [3.8, 4) is 28.4 Å². The van der Waals surface area contributed by atoms with E-state index in [0.29, 0.717) is 41.2 Å². The SMILES string of the molecule is Cc1cc(O)c(C(=O)/C=C/c2ccc(OCc3ccccc3)cc2)c(-c2ccc(Br)cc2)c1C(=O)/C=C/c1ccc(OCc2ccccc2)cc1. The van der Waals surface area contributed by atoms with Gasteiger partial charge in [-0.3, -0.25) is 9.59 Å². The number of allylic oxidation sites excluding steroid dienone is 2. The van der Waals surface area contributed by atoms with Gasteiger partial charge in [-0.2, -0.15) is 0 Å². The van der Waals surface area contributed by atoms with Gasteiger partial charge in [0.2, 0.25) is 0 Å². The minimum Gasteiger partial charge on any atom is -0.507 e. The van der Waals surface area contributed by atoms with Gasteiger partial charge in [-0.1, -0.05) is 125 Å². The van der Waals surface area contributed by atoms with Crippen molar-refractivity contribution in [2.24, 2.45) is 0 Å². The number of hydrogen-bond acceptors (Lipinski definition) is 5. The molecule has 0 spiro atoms. The van der Waals surface area contributed by atoms with Gasteiger partial charge in [0, 0.05) is 15.6 Å². The van der Waals surface area contributed by atoms with Gasteiger partial charge in [0.25, 0.3) is 0 Å². The number of aromatic hydroxyl groups is 1. The van der Waals surface area contributed by atoms with E-state index in [1.165, 1.54) is 18.2 Å². The number of hydrogen-bond donors (Lipinski definition) is 1. The Hall–Kier alpha value is -5.98. The fourth-order valence-corrected chi connectivity index (χ4v) is 5.88. The summed E-state index contributed by atoms with van der Waals surface area (Å²) in [5, 5.41) is 11.2. The van der Waals surface area contributed by atoms with Crippen LogP contribution in [0.15, 0.2) is 156 Å². The molecule has 0 saturated carbocycles. The zero-order valence-electron chi connectivity index (χ0n) is 28.0. The van der Waals surface area contributed by atoms with Crippen LogP contribution in [0.25, 0.3) is 23.3 Å². The first-order valence-corrected chi connectivity index (χ1v) is 17.2. The number of halogens is 1. The Morgan fingerprint density at radius 1 is 0.608 bits per heavy atom. The number of benzene rings is 6. The number of carbonyl (C=O) groups is 2. The van der Waals surface area contributed by atoms with Crippen LogP contribution in [0.2, 0.25) is 0 Å². The van der Waals surface area contributed by atoms with Crippen molar-refractivity contribution >= 4 is 39.6 Å². The molecule has 6 heteroatoms. The van der Waals surface area contributed by atoms with Crippen LogP contribution in [0.1, 0.15) is 48.5 Å². The first-order chi connectivity index (χ1) is 24.8. The zero-order chi connectivity index (χ0) is 35.6. The Labute approximate surface area is 306 Å². The number of phenols is 1. The molecule has 5 nitrogen and oxygen atoms in total. The van der Waals surface area contributed by atoms with Crippen LogP contribution in [0.4, 0.5) is 0 Å². The molecule has 0 saturated heterocycles. The maximum Gasteiger partial charge on any atom is 0.190 e. The van der Waals surface area contributed by atoms with Crippen LogP contribution in [0, 0.1) is 6.92 Å². The summed E-state index contributed by atoms with van der Waals surface area (Å²) in [6.07, 6.45) is 6.32. The van der Waals surface area contributed by atoms with Crippen LogP contribution in [-0.4, -0.2) is 16.7 Å². The van der Waals surface area contributed by atoms with Crippen LogP contribution in [-0.2, 0) is 13.2 Å². The van der Waals surface area contributed by atoms with Crippen molar-refractivity contribution < 1.29 is 24.2 Å². The Morgan fingerprint density at radius 2 is 1.06 bits per heavy atom. The predicted octanol–water partition coefficient (Wildman–Crippen LogP) is 11.1. The maximum absolute atomic E-state index is 13.9. The van der Waals surface area contributed by atoms with Gasteiger partial charge in [-0.25, -0.2) is 0 Å². The molecule has 0 bridgehead atoms. The van der Waals surface area contributed by atoms with Gasteiger partial charge in [0.1, 0.15) is 30.5 Å². The van der Waals surface area contributed by atoms with Crippen LogP contribution < -0.4 is 9.47 Å². The fraction of sp³-hybridized carbons (Fsp3) is 0.0667. The van der Waals surface area contributed by atoms with Crippen molar-refractivity contribution in [3.05, 3.63) is 195 Å². The number of ketones is 2. The van der Waals surface area contributed by atoms with E-state index in [1.54, 1.807) is 19.1 Å². The first kappa shape index (κ1) is 34.9. The second-order valence-corrected chi connectivity index (χ2v) is 12.8. The van der Waals surface area contributed by atoms with Crippen molar-refractivity contribution in [2.45, 2.75) is 20.1 Å². The van der Waals surface area contributed by atoms with Crippen molar-refractivity contribution in [1.29, 1.82) is 0 Å². The van der Waals surface area contributed by atoms with Gasteiger partial charge < -0.3 is 14.6 Å². The monoisotopic (exact) mass is 734 g/mol. The lowest BCUT2D eigenvalue weighted by atomic mass is 9.86. The molecule has 6 aromatic rings. The minimum absolute atomic E-state index is 0.0543. The van der Waals surface area contributed by atoms with Gasteiger partial charge in [0.15, 0.2) is 11.6 Å². The maximum atomic E-state index is 13.9. The van der Waals surface area contributed by atoms with E-state index in [2.05, 4.69) is 15.9 Å². The van der Waals surface area contributed by atoms with Crippen LogP contribution in [0.3, 0.4) is 0 Å². The van der Waals surface area contributed by atoms with E-state index in [1.807, 2.05) is 133 Å². The molecule has 1 N–H and O–H groups in total. The highest BCUT2D eigenvalue weighted by Crippen LogP contribution is 2.38. The largest absolute Gasteiger partial charge is 0.507 e. The third-order valence-electron chi connectivity index (χ3n) is 8.24. The standard InChI is InChI=1S/C45H35BrO5/c1-31-28-42(49)45(41(48)27-17-33-14-24-39(25-15-33)51-30-35-10-6-3-7-11-35)44(36-18-20-37(46)21-19-36)43(31)40(47)26-16-32-12-22-38(23-13-32)50-29-34-8-4-2-5-9-34/h2-28,49H,29-30H2,1H3/b26-16+,27-17+. The molecule has 0 amide bonds. The van der Waals surface area contributed by atoms with E-state index in [4.69, 9.17) is 9.47 Å². The number of aryl methyl sites for hydroxylation is 1. The van der Waals surface area contributed by atoms with Crippen LogP contribution >= 0.6 is 15.9 Å². The van der Waals surface area contributed by atoms with Crippen molar-refractivity contribution in [1.82, 2.24) is 0 Å². The molecule has 0 aliphatic heterocycles. The Bertz CT molecular complexity index is 2040. The van der Waals surface area contributed by atoms with E-state index >= 15 is 0 Å². The lowest BCUT2D eigenvalue weighted by Gasteiger charge is -2.17. The number of phenolic OH excluding ortho intramolecular Hbond substituents is 1. The molecule has 51 heavy (non-hydrogen) atoms. The van der Waals surface area contributed by atoms with Gasteiger partial charge in [-0.05, 0) is 94.9 Å². The highest BCUT2D eigenvalue weighted by molar-refractivity contribution is 9.10. The molecule has 6 aromatic carbocycles. The summed E-state index contributed by atoms with van der Waals surface area (Å²) >= 11 is 3.47. The summed E-state index contributed by atoms with van der Waals surface area (Å²) in [5.41, 5.74) is 5.68. The minimum atomic E-state index is -0.432. The lowest BCUT2D eigenvalue weighted by molar-refractivity contribution is 0.104. The smallest absolute Gasteiger partial charge is 0.190 e. The molecule has 0 heterocycles. The second-order valence-electron chi connectivity index (χ2n) is 11.9. The number of rotatable bonds is 13. The quantitative estimate of drug-likeness (QED) is 0.0944. The van der Waals surface area contributed by atoms with E-state index in [-0.39, 0.29) is 17.1 Å². The Kier molecular flexibility index (Phi) is 11.4. The normalized spacial score (nSPS) is 11.2. The average molecular weight is 736 g/mol. The van der Waals surface area contributed by atoms with Gasteiger partial charge in [0.05, 0.1) is 5.56 Å².